The van der Waals surface area contributed by atoms with Gasteiger partial charge in [-0.05, 0) is 30.5 Å². The molecular weight excluding hydrogens is 291 g/mol. The summed E-state index contributed by atoms with van der Waals surface area (Å²) in [6.07, 6.45) is 3.11. The predicted molar refractivity (Wildman–Crippen MR) is 97.0 cm³/mol. The van der Waals surface area contributed by atoms with Crippen molar-refractivity contribution in [3.8, 4) is 0 Å². The maximum absolute atomic E-state index is 15.2. The van der Waals surface area contributed by atoms with Gasteiger partial charge in [-0.3, -0.25) is 0 Å². The van der Waals surface area contributed by atoms with Crippen molar-refractivity contribution in [2.24, 2.45) is 0 Å². The van der Waals surface area contributed by atoms with Crippen molar-refractivity contribution >= 4 is 23.2 Å². The summed E-state index contributed by atoms with van der Waals surface area (Å²) in [7, 11) is 0. The molecule has 0 bridgehead atoms. The quantitative estimate of drug-likeness (QED) is 0.357. The van der Waals surface area contributed by atoms with Crippen molar-refractivity contribution in [2.45, 2.75) is 32.4 Å². The molecule has 114 valence electrons. The Morgan fingerprint density at radius 2 is 1.59 bits per heavy atom. The van der Waals surface area contributed by atoms with Gasteiger partial charge in [0.15, 0.2) is 0 Å². The fraction of sp³-hybridized carbons (Fsp3) is 0.250. The fourth-order valence-electron chi connectivity index (χ4n) is 2.52. The van der Waals surface area contributed by atoms with E-state index in [0.29, 0.717) is 16.9 Å². The van der Waals surface area contributed by atoms with Crippen molar-refractivity contribution < 1.29 is 4.39 Å². The number of hydrogen-bond donors (Lipinski definition) is 0. The van der Waals surface area contributed by atoms with Crippen LogP contribution in [0.4, 0.5) is 4.39 Å². The second kappa shape index (κ2) is 7.46. The summed E-state index contributed by atoms with van der Waals surface area (Å²) in [5.74, 6) is 0. The third kappa shape index (κ3) is 4.11. The summed E-state index contributed by atoms with van der Waals surface area (Å²) >= 11 is 5.60. The van der Waals surface area contributed by atoms with Gasteiger partial charge in [-0.25, -0.2) is 4.39 Å². The molecule has 0 fully saturated rings. The van der Waals surface area contributed by atoms with Crippen LogP contribution in [0.5, 0.6) is 0 Å². The molecule has 0 spiro atoms. The van der Waals surface area contributed by atoms with E-state index in [1.807, 2.05) is 73.7 Å². The number of allylic oxidation sites excluding steroid dienone is 1. The number of alkyl halides is 1. The molecule has 1 atom stereocenters. The van der Waals surface area contributed by atoms with Crippen LogP contribution in [0, 0.1) is 0 Å². The van der Waals surface area contributed by atoms with Gasteiger partial charge in [-0.1, -0.05) is 86.2 Å². The van der Waals surface area contributed by atoms with Gasteiger partial charge < -0.3 is 0 Å². The van der Waals surface area contributed by atoms with Gasteiger partial charge >= 0.3 is 0 Å². The lowest BCUT2D eigenvalue weighted by atomic mass is 9.86. The first-order chi connectivity index (χ1) is 10.5. The van der Waals surface area contributed by atoms with E-state index in [2.05, 4.69) is 0 Å². The lowest BCUT2D eigenvalue weighted by Crippen LogP contribution is -2.26. The Morgan fingerprint density at radius 1 is 1.05 bits per heavy atom. The van der Waals surface area contributed by atoms with Crippen molar-refractivity contribution in [2.75, 3.05) is 0 Å². The molecule has 0 aliphatic heterocycles. The molecule has 0 nitrogen and oxygen atoms in total. The van der Waals surface area contributed by atoms with E-state index in [-0.39, 0.29) is 0 Å². The highest BCUT2D eigenvalue weighted by Crippen LogP contribution is 2.32. The lowest BCUT2D eigenvalue weighted by molar-refractivity contribution is 0.231. The standard InChI is InChI=1S/C20H21FS/c1-3-14-20(2,21)18(15-16-10-6-4-7-11-16)19(22)17-12-8-5-9-13-17/h4-13,15H,3,14H2,1-2H3. The first-order valence-electron chi connectivity index (χ1n) is 7.60. The fourth-order valence-corrected chi connectivity index (χ4v) is 2.93. The molecule has 1 unspecified atom stereocenters. The van der Waals surface area contributed by atoms with E-state index in [9.17, 15) is 0 Å². The van der Waals surface area contributed by atoms with E-state index in [4.69, 9.17) is 12.2 Å². The van der Waals surface area contributed by atoms with E-state index in [1.54, 1.807) is 6.92 Å². The lowest BCUT2D eigenvalue weighted by Gasteiger charge is -2.25. The number of rotatable bonds is 6. The van der Waals surface area contributed by atoms with Crippen molar-refractivity contribution in [3.05, 3.63) is 77.4 Å². The van der Waals surface area contributed by atoms with Gasteiger partial charge in [0.25, 0.3) is 0 Å². The van der Waals surface area contributed by atoms with Crippen LogP contribution in [0.25, 0.3) is 6.08 Å². The molecule has 0 saturated carbocycles. The number of thiocarbonyl (C=S) groups is 1. The smallest absolute Gasteiger partial charge is 0.134 e. The van der Waals surface area contributed by atoms with E-state index in [1.165, 1.54) is 0 Å². The van der Waals surface area contributed by atoms with Gasteiger partial charge in [0.05, 0.1) is 4.86 Å². The van der Waals surface area contributed by atoms with Crippen molar-refractivity contribution in [3.63, 3.8) is 0 Å². The molecular formula is C20H21FS. The average molecular weight is 312 g/mol. The molecule has 0 aromatic heterocycles. The van der Waals surface area contributed by atoms with Crippen LogP contribution in [-0.2, 0) is 0 Å². The van der Waals surface area contributed by atoms with Gasteiger partial charge in [0, 0.05) is 5.57 Å². The summed E-state index contributed by atoms with van der Waals surface area (Å²) in [6, 6.07) is 19.4. The van der Waals surface area contributed by atoms with Crippen LogP contribution in [0.1, 0.15) is 37.8 Å². The Balaban J connectivity index is 2.47. The Hall–Kier alpha value is -1.80. The number of benzene rings is 2. The third-order valence-corrected chi connectivity index (χ3v) is 4.13. The normalized spacial score (nSPS) is 14.4. The molecule has 2 rings (SSSR count). The maximum atomic E-state index is 15.2. The Kier molecular flexibility index (Phi) is 5.62. The summed E-state index contributed by atoms with van der Waals surface area (Å²) in [4.78, 5) is 0.586. The molecule has 0 aliphatic rings. The summed E-state index contributed by atoms with van der Waals surface area (Å²) in [5.41, 5.74) is 1.01. The zero-order valence-electron chi connectivity index (χ0n) is 13.1. The van der Waals surface area contributed by atoms with Crippen molar-refractivity contribution in [1.82, 2.24) is 0 Å². The molecule has 0 saturated heterocycles. The van der Waals surface area contributed by atoms with Crippen molar-refractivity contribution in [1.29, 1.82) is 0 Å². The minimum Gasteiger partial charge on any atom is -0.239 e. The van der Waals surface area contributed by atoms with Gasteiger partial charge in [0.2, 0.25) is 0 Å². The molecule has 0 amide bonds. The van der Waals surface area contributed by atoms with Crippen LogP contribution in [-0.4, -0.2) is 10.5 Å². The van der Waals surface area contributed by atoms with Crippen LogP contribution < -0.4 is 0 Å². The van der Waals surface area contributed by atoms with Gasteiger partial charge in [-0.15, -0.1) is 0 Å². The van der Waals surface area contributed by atoms with E-state index >= 15 is 4.39 Å². The second-order valence-corrected chi connectivity index (χ2v) is 6.02. The third-order valence-electron chi connectivity index (χ3n) is 3.67. The monoisotopic (exact) mass is 312 g/mol. The zero-order chi connectivity index (χ0) is 16.0. The van der Waals surface area contributed by atoms with Crippen LogP contribution in [0.3, 0.4) is 0 Å². The largest absolute Gasteiger partial charge is 0.239 e. The average Bonchev–Trinajstić information content (AvgIpc) is 2.53. The van der Waals surface area contributed by atoms with E-state index in [0.717, 1.165) is 17.5 Å². The molecule has 2 aromatic rings. The van der Waals surface area contributed by atoms with Crippen LogP contribution in [0.15, 0.2) is 66.2 Å². The Morgan fingerprint density at radius 3 is 2.14 bits per heavy atom. The van der Waals surface area contributed by atoms with E-state index < -0.39 is 5.67 Å². The second-order valence-electron chi connectivity index (χ2n) is 5.61. The maximum Gasteiger partial charge on any atom is 0.134 e. The molecule has 22 heavy (non-hydrogen) atoms. The number of hydrogen-bond acceptors (Lipinski definition) is 1. The molecule has 0 heterocycles. The summed E-state index contributed by atoms with van der Waals surface area (Å²) in [5, 5.41) is 0. The minimum absolute atomic E-state index is 0.457. The summed E-state index contributed by atoms with van der Waals surface area (Å²) in [6.45, 7) is 3.62. The SMILES string of the molecule is CCCC(C)(F)C(=Cc1ccccc1)C(=S)c1ccccc1. The van der Waals surface area contributed by atoms with Crippen LogP contribution >= 0.6 is 12.2 Å². The van der Waals surface area contributed by atoms with Crippen LogP contribution in [0.2, 0.25) is 0 Å². The summed E-state index contributed by atoms with van der Waals surface area (Å²) < 4.78 is 15.2. The van der Waals surface area contributed by atoms with Gasteiger partial charge in [-0.2, -0.15) is 0 Å². The molecule has 0 N–H and O–H groups in total. The molecule has 0 aliphatic carbocycles. The highest BCUT2D eigenvalue weighted by Gasteiger charge is 2.30. The molecule has 0 radical (unpaired) electrons. The number of halogens is 1. The highest BCUT2D eigenvalue weighted by molar-refractivity contribution is 7.81. The Bertz CT molecular complexity index is 642. The zero-order valence-corrected chi connectivity index (χ0v) is 13.9. The topological polar surface area (TPSA) is 0 Å². The highest BCUT2D eigenvalue weighted by atomic mass is 32.1. The first-order valence-corrected chi connectivity index (χ1v) is 8.01. The minimum atomic E-state index is -1.43. The van der Waals surface area contributed by atoms with Gasteiger partial charge in [0.1, 0.15) is 5.67 Å². The Labute approximate surface area is 137 Å². The molecule has 2 heteroatoms. The first kappa shape index (κ1) is 16.6. The predicted octanol–water partition coefficient (Wildman–Crippen LogP) is 6.02. The molecule has 2 aromatic carbocycles.